The van der Waals surface area contributed by atoms with E-state index in [1.54, 1.807) is 0 Å². The van der Waals surface area contributed by atoms with Gasteiger partial charge in [-0.2, -0.15) is 0 Å². The lowest BCUT2D eigenvalue weighted by atomic mass is 9.72. The highest BCUT2D eigenvalue weighted by Crippen LogP contribution is 2.45. The molecule has 0 bridgehead atoms. The van der Waals surface area contributed by atoms with E-state index in [2.05, 4.69) is 17.4 Å². The summed E-state index contributed by atoms with van der Waals surface area (Å²) in [4.78, 5) is 26.2. The van der Waals surface area contributed by atoms with Crippen LogP contribution in [0.1, 0.15) is 49.7 Å². The number of hydrogen-bond donors (Lipinski definition) is 1. The van der Waals surface area contributed by atoms with Gasteiger partial charge in [-0.05, 0) is 49.4 Å². The number of benzene rings is 2. The van der Waals surface area contributed by atoms with Crippen LogP contribution >= 0.6 is 0 Å². The molecule has 0 radical (unpaired) electrons. The Morgan fingerprint density at radius 3 is 2.39 bits per heavy atom. The van der Waals surface area contributed by atoms with Crippen LogP contribution in [0, 0.1) is 0 Å². The fourth-order valence-corrected chi connectivity index (χ4v) is 4.64. The third-order valence-corrected chi connectivity index (χ3v) is 6.03. The third-order valence-electron chi connectivity index (χ3n) is 6.03. The number of methoxy groups -OCH3 is 1. The minimum absolute atomic E-state index is 0.0652. The molecule has 4 rings (SSSR count). The smallest absolute Gasteiger partial charge is 0.336 e. The van der Waals surface area contributed by atoms with Crippen molar-refractivity contribution in [3.05, 3.63) is 88.3 Å². The number of Topliss-reactive ketones (excluding diaryl/α,β-unsaturated/α-hetero) is 1. The number of allylic oxidation sites excluding steroid dienone is 3. The molecular weight excluding hydrogens is 390 g/mol. The zero-order valence-electron chi connectivity index (χ0n) is 18.1. The van der Waals surface area contributed by atoms with E-state index in [0.29, 0.717) is 24.2 Å². The van der Waals surface area contributed by atoms with Crippen molar-refractivity contribution in [1.29, 1.82) is 0 Å². The molecule has 1 aliphatic heterocycles. The Kier molecular flexibility index (Phi) is 5.94. The quantitative estimate of drug-likeness (QED) is 0.719. The van der Waals surface area contributed by atoms with Crippen LogP contribution in [0.2, 0.25) is 0 Å². The molecule has 2 atom stereocenters. The summed E-state index contributed by atoms with van der Waals surface area (Å²) in [5.41, 5.74) is 4.81. The van der Waals surface area contributed by atoms with Gasteiger partial charge in [-0.15, -0.1) is 0 Å². The largest absolute Gasteiger partial charge is 0.494 e. The molecule has 1 heterocycles. The molecule has 2 aromatic rings. The van der Waals surface area contributed by atoms with Crippen LogP contribution < -0.4 is 10.1 Å². The summed E-state index contributed by atoms with van der Waals surface area (Å²) < 4.78 is 10.6. The zero-order valence-corrected chi connectivity index (χ0v) is 18.1. The number of ketones is 1. The molecule has 2 unspecified atom stereocenters. The van der Waals surface area contributed by atoms with Crippen molar-refractivity contribution < 1.29 is 19.1 Å². The number of carbonyl (C=O) groups excluding carboxylic acids is 2. The van der Waals surface area contributed by atoms with Gasteiger partial charge in [0, 0.05) is 29.3 Å². The predicted molar refractivity (Wildman–Crippen MR) is 119 cm³/mol. The Balaban J connectivity index is 1.78. The van der Waals surface area contributed by atoms with E-state index in [9.17, 15) is 9.59 Å². The molecule has 160 valence electrons. The van der Waals surface area contributed by atoms with Crippen LogP contribution in [-0.2, 0) is 14.3 Å². The van der Waals surface area contributed by atoms with Gasteiger partial charge in [0.05, 0.1) is 19.3 Å². The van der Waals surface area contributed by atoms with Crippen LogP contribution in [0.4, 0.5) is 0 Å². The second kappa shape index (κ2) is 8.80. The Labute approximate surface area is 182 Å². The highest BCUT2D eigenvalue weighted by atomic mass is 16.5. The first kappa shape index (κ1) is 20.9. The van der Waals surface area contributed by atoms with E-state index in [4.69, 9.17) is 9.47 Å². The number of esters is 1. The van der Waals surface area contributed by atoms with Crippen molar-refractivity contribution in [3.63, 3.8) is 0 Å². The number of carbonyl (C=O) groups is 2. The first-order chi connectivity index (χ1) is 15.0. The second-order valence-electron chi connectivity index (χ2n) is 7.92. The van der Waals surface area contributed by atoms with Gasteiger partial charge in [0.2, 0.25) is 0 Å². The number of hydrogen-bond acceptors (Lipinski definition) is 5. The number of nitrogens with one attached hydrogen (secondary N) is 1. The fourth-order valence-electron chi connectivity index (χ4n) is 4.64. The topological polar surface area (TPSA) is 64.6 Å². The van der Waals surface area contributed by atoms with Gasteiger partial charge in [-0.25, -0.2) is 4.79 Å². The molecule has 0 fully saturated rings. The normalized spacial score (nSPS) is 20.8. The van der Waals surface area contributed by atoms with E-state index in [1.165, 1.54) is 7.11 Å². The number of ether oxygens (including phenoxy) is 2. The summed E-state index contributed by atoms with van der Waals surface area (Å²) >= 11 is 0. The Morgan fingerprint density at radius 2 is 1.74 bits per heavy atom. The molecule has 1 N–H and O–H groups in total. The van der Waals surface area contributed by atoms with Crippen molar-refractivity contribution in [2.24, 2.45) is 0 Å². The van der Waals surface area contributed by atoms with Gasteiger partial charge in [0.1, 0.15) is 5.75 Å². The maximum Gasteiger partial charge on any atom is 0.336 e. The van der Waals surface area contributed by atoms with Gasteiger partial charge in [-0.1, -0.05) is 42.5 Å². The maximum absolute atomic E-state index is 13.4. The van der Waals surface area contributed by atoms with E-state index < -0.39 is 11.9 Å². The molecule has 2 aromatic carbocycles. The average molecular weight is 418 g/mol. The van der Waals surface area contributed by atoms with Gasteiger partial charge in [-0.3, -0.25) is 4.79 Å². The Morgan fingerprint density at radius 1 is 1.03 bits per heavy atom. The first-order valence-electron chi connectivity index (χ1n) is 10.6. The predicted octanol–water partition coefficient (Wildman–Crippen LogP) is 4.62. The van der Waals surface area contributed by atoms with Gasteiger partial charge >= 0.3 is 5.97 Å². The summed E-state index contributed by atoms with van der Waals surface area (Å²) in [6.07, 6.45) is 1.15. The molecule has 1 aliphatic carbocycles. The van der Waals surface area contributed by atoms with Crippen LogP contribution in [-0.4, -0.2) is 25.5 Å². The minimum atomic E-state index is -0.455. The molecule has 5 nitrogen and oxygen atoms in total. The molecule has 5 heteroatoms. The van der Waals surface area contributed by atoms with Crippen LogP contribution in [0.3, 0.4) is 0 Å². The molecule has 0 saturated carbocycles. The highest BCUT2D eigenvalue weighted by Gasteiger charge is 2.41. The highest BCUT2D eigenvalue weighted by molar-refractivity contribution is 6.04. The standard InChI is InChI=1S/C26H27NO4/c1-4-31-20-12-10-18(11-13-20)24-23(26(29)30-3)16(2)27-21-14-19(15-22(28)25(21)24)17-8-6-5-7-9-17/h5-13,19,24,27H,4,14-15H2,1-3H3. The molecule has 0 aromatic heterocycles. The number of rotatable bonds is 5. The Bertz CT molecular complexity index is 1050. The van der Waals surface area contributed by atoms with Crippen LogP contribution in [0.25, 0.3) is 0 Å². The van der Waals surface area contributed by atoms with Crippen molar-refractivity contribution in [2.45, 2.75) is 38.5 Å². The van der Waals surface area contributed by atoms with Crippen LogP contribution in [0.5, 0.6) is 5.75 Å². The summed E-state index contributed by atoms with van der Waals surface area (Å²) in [7, 11) is 1.37. The van der Waals surface area contributed by atoms with Crippen molar-refractivity contribution in [3.8, 4) is 5.75 Å². The molecule has 0 spiro atoms. The van der Waals surface area contributed by atoms with Crippen molar-refractivity contribution >= 4 is 11.8 Å². The molecule has 0 saturated heterocycles. The van der Waals surface area contributed by atoms with Crippen LogP contribution in [0.15, 0.2) is 77.1 Å². The van der Waals surface area contributed by atoms with E-state index in [0.717, 1.165) is 34.7 Å². The first-order valence-corrected chi connectivity index (χ1v) is 10.6. The Hall–Kier alpha value is -3.34. The molecule has 2 aliphatic rings. The average Bonchev–Trinajstić information content (AvgIpc) is 2.79. The summed E-state index contributed by atoms with van der Waals surface area (Å²) in [5.74, 6) is 0.0645. The summed E-state index contributed by atoms with van der Waals surface area (Å²) in [6.45, 7) is 4.38. The lowest BCUT2D eigenvalue weighted by molar-refractivity contribution is -0.136. The lowest BCUT2D eigenvalue weighted by Crippen LogP contribution is -2.36. The van der Waals surface area contributed by atoms with E-state index in [-0.39, 0.29) is 11.7 Å². The zero-order chi connectivity index (χ0) is 22.0. The minimum Gasteiger partial charge on any atom is -0.494 e. The maximum atomic E-state index is 13.4. The monoisotopic (exact) mass is 417 g/mol. The fraction of sp³-hybridized carbons (Fsp3) is 0.308. The van der Waals surface area contributed by atoms with Crippen molar-refractivity contribution in [2.75, 3.05) is 13.7 Å². The third kappa shape index (κ3) is 4.00. The number of dihydropyridines is 1. The second-order valence-corrected chi connectivity index (χ2v) is 7.92. The van der Waals surface area contributed by atoms with E-state index in [1.807, 2.05) is 56.3 Å². The van der Waals surface area contributed by atoms with Gasteiger partial charge in [0.15, 0.2) is 5.78 Å². The molecular formula is C26H27NO4. The van der Waals surface area contributed by atoms with E-state index >= 15 is 0 Å². The molecule has 0 amide bonds. The van der Waals surface area contributed by atoms with Gasteiger partial charge < -0.3 is 14.8 Å². The molecule has 31 heavy (non-hydrogen) atoms. The van der Waals surface area contributed by atoms with Crippen molar-refractivity contribution in [1.82, 2.24) is 5.32 Å². The summed E-state index contributed by atoms with van der Waals surface area (Å²) in [6, 6.07) is 17.7. The lowest BCUT2D eigenvalue weighted by Gasteiger charge is -2.36. The summed E-state index contributed by atoms with van der Waals surface area (Å²) in [5, 5.41) is 3.36. The van der Waals surface area contributed by atoms with Gasteiger partial charge in [0.25, 0.3) is 0 Å². The SMILES string of the molecule is CCOc1ccc(C2C(C(=O)OC)=C(C)NC3=C2C(=O)CC(c2ccccc2)C3)cc1.